The van der Waals surface area contributed by atoms with Gasteiger partial charge in [0.15, 0.2) is 5.78 Å². The molecule has 0 aliphatic carbocycles. The minimum atomic E-state index is -0.590. The number of aromatic nitrogens is 1. The van der Waals surface area contributed by atoms with Gasteiger partial charge in [-0.1, -0.05) is 30.0 Å². The SMILES string of the molecule is N=C1S/C(=C\c2ccc(OCc3ccc(F)cc3)c(Br)c2)C(=O)[C@H]1c1nccs1. The summed E-state index contributed by atoms with van der Waals surface area (Å²) in [6.07, 6.45) is 3.43. The van der Waals surface area contributed by atoms with Gasteiger partial charge in [0, 0.05) is 11.6 Å². The highest BCUT2D eigenvalue weighted by molar-refractivity contribution is 9.10. The van der Waals surface area contributed by atoms with Crippen molar-refractivity contribution < 1.29 is 13.9 Å². The first-order valence-electron chi connectivity index (χ1n) is 8.59. The zero-order chi connectivity index (χ0) is 20.4. The van der Waals surface area contributed by atoms with Crippen LogP contribution in [-0.4, -0.2) is 15.8 Å². The number of halogens is 2. The lowest BCUT2D eigenvalue weighted by Crippen LogP contribution is -2.11. The summed E-state index contributed by atoms with van der Waals surface area (Å²) < 4.78 is 19.5. The smallest absolute Gasteiger partial charge is 0.186 e. The lowest BCUT2D eigenvalue weighted by atomic mass is 10.1. The van der Waals surface area contributed by atoms with E-state index in [0.717, 1.165) is 15.6 Å². The quantitative estimate of drug-likeness (QED) is 0.444. The Balaban J connectivity index is 1.48. The molecule has 8 heteroatoms. The Morgan fingerprint density at radius 3 is 2.72 bits per heavy atom. The molecule has 0 saturated carbocycles. The van der Waals surface area contributed by atoms with Gasteiger partial charge in [0.2, 0.25) is 0 Å². The number of carbonyl (C=O) groups is 1. The molecule has 1 atom stereocenters. The number of ether oxygens (including phenoxy) is 1. The zero-order valence-electron chi connectivity index (χ0n) is 14.9. The number of thiazole rings is 1. The number of Topliss-reactive ketones (excluding diaryl/α,β-unsaturated/α-hetero) is 1. The van der Waals surface area contributed by atoms with E-state index in [4.69, 9.17) is 10.1 Å². The molecule has 1 aliphatic heterocycles. The van der Waals surface area contributed by atoms with Gasteiger partial charge in [-0.25, -0.2) is 9.37 Å². The molecule has 2 aromatic carbocycles. The van der Waals surface area contributed by atoms with E-state index in [1.165, 1.54) is 35.2 Å². The summed E-state index contributed by atoms with van der Waals surface area (Å²) in [6.45, 7) is 0.320. The minimum absolute atomic E-state index is 0.0947. The second-order valence-corrected chi connectivity index (χ2v) is 9.11. The maximum absolute atomic E-state index is 13.0. The summed E-state index contributed by atoms with van der Waals surface area (Å²) in [6, 6.07) is 11.7. The topological polar surface area (TPSA) is 63.0 Å². The molecule has 29 heavy (non-hydrogen) atoms. The predicted octanol–water partition coefficient (Wildman–Crippen LogP) is 6.04. The molecular formula is C21H14BrFN2O2S2. The van der Waals surface area contributed by atoms with Gasteiger partial charge in [0.1, 0.15) is 29.1 Å². The van der Waals surface area contributed by atoms with Crippen molar-refractivity contribution in [3.05, 3.63) is 85.4 Å². The Morgan fingerprint density at radius 1 is 1.24 bits per heavy atom. The second kappa shape index (κ2) is 8.61. The van der Waals surface area contributed by atoms with Crippen molar-refractivity contribution in [2.45, 2.75) is 12.5 Å². The third-order valence-corrected chi connectivity index (χ3v) is 6.70. The molecule has 0 unspecified atom stereocenters. The van der Waals surface area contributed by atoms with Crippen LogP contribution in [0.3, 0.4) is 0 Å². The number of nitrogens with one attached hydrogen (secondary N) is 1. The molecule has 1 fully saturated rings. The number of hydrogen-bond donors (Lipinski definition) is 1. The van der Waals surface area contributed by atoms with E-state index in [9.17, 15) is 9.18 Å². The van der Waals surface area contributed by atoms with E-state index in [2.05, 4.69) is 20.9 Å². The van der Waals surface area contributed by atoms with Gasteiger partial charge in [-0.2, -0.15) is 0 Å². The number of allylic oxidation sites excluding steroid dienone is 1. The molecule has 1 N–H and O–H groups in total. The summed E-state index contributed by atoms with van der Waals surface area (Å²) in [5.41, 5.74) is 1.69. The standard InChI is InChI=1S/C21H14BrFN2O2S2/c22-15-9-13(3-6-16(15)27-11-12-1-4-14(23)5-2-12)10-17-19(26)18(20(24)29-17)21-25-7-8-28-21/h1-10,18,24H,11H2/b17-10-,24-20?/t18-/m1/s1. The van der Waals surface area contributed by atoms with E-state index in [1.54, 1.807) is 24.4 Å². The van der Waals surface area contributed by atoms with Crippen LogP contribution in [0.15, 0.2) is 63.4 Å². The lowest BCUT2D eigenvalue weighted by molar-refractivity contribution is -0.114. The van der Waals surface area contributed by atoms with Gasteiger partial charge in [0.25, 0.3) is 0 Å². The van der Waals surface area contributed by atoms with Gasteiger partial charge in [-0.3, -0.25) is 10.2 Å². The average Bonchev–Trinajstić information content (AvgIpc) is 3.31. The highest BCUT2D eigenvalue weighted by Gasteiger charge is 2.38. The van der Waals surface area contributed by atoms with Gasteiger partial charge in [0.05, 0.1) is 14.4 Å². The number of thioether (sulfide) groups is 1. The maximum atomic E-state index is 13.0. The van der Waals surface area contributed by atoms with E-state index in [0.29, 0.717) is 27.3 Å². The number of nitrogens with zero attached hydrogens (tertiary/aromatic N) is 1. The Labute approximate surface area is 183 Å². The first-order valence-corrected chi connectivity index (χ1v) is 11.1. The van der Waals surface area contributed by atoms with E-state index >= 15 is 0 Å². The molecule has 1 aliphatic rings. The van der Waals surface area contributed by atoms with Crippen LogP contribution in [0.4, 0.5) is 4.39 Å². The maximum Gasteiger partial charge on any atom is 0.186 e. The molecule has 2 heterocycles. The molecule has 3 aromatic rings. The molecule has 1 saturated heterocycles. The summed E-state index contributed by atoms with van der Waals surface area (Å²) >= 11 is 6.06. The number of carbonyl (C=O) groups excluding carboxylic acids is 1. The molecule has 1 aromatic heterocycles. The first kappa shape index (κ1) is 20.0. The fourth-order valence-electron chi connectivity index (χ4n) is 2.81. The normalized spacial score (nSPS) is 17.9. The largest absolute Gasteiger partial charge is 0.488 e. The zero-order valence-corrected chi connectivity index (χ0v) is 18.1. The monoisotopic (exact) mass is 488 g/mol. The molecule has 0 amide bonds. The highest BCUT2D eigenvalue weighted by atomic mass is 79.9. The van der Waals surface area contributed by atoms with E-state index in [-0.39, 0.29) is 11.6 Å². The van der Waals surface area contributed by atoms with Gasteiger partial charge >= 0.3 is 0 Å². The molecule has 0 radical (unpaired) electrons. The Hall–Kier alpha value is -2.29. The average molecular weight is 489 g/mol. The number of benzene rings is 2. The van der Waals surface area contributed by atoms with Gasteiger partial charge < -0.3 is 4.74 Å². The van der Waals surface area contributed by atoms with Crippen molar-refractivity contribution in [3.63, 3.8) is 0 Å². The van der Waals surface area contributed by atoms with Crippen molar-refractivity contribution >= 4 is 55.9 Å². The Morgan fingerprint density at radius 2 is 2.03 bits per heavy atom. The second-order valence-electron chi connectivity index (χ2n) is 6.25. The molecule has 4 nitrogen and oxygen atoms in total. The van der Waals surface area contributed by atoms with Crippen LogP contribution in [0.25, 0.3) is 6.08 Å². The van der Waals surface area contributed by atoms with Crippen LogP contribution >= 0.6 is 39.0 Å². The number of rotatable bonds is 5. The van der Waals surface area contributed by atoms with Crippen LogP contribution in [0.5, 0.6) is 5.75 Å². The van der Waals surface area contributed by atoms with Gasteiger partial charge in [-0.05, 0) is 57.4 Å². The van der Waals surface area contributed by atoms with Crippen LogP contribution < -0.4 is 4.74 Å². The van der Waals surface area contributed by atoms with Crippen LogP contribution in [-0.2, 0) is 11.4 Å². The van der Waals surface area contributed by atoms with Crippen molar-refractivity contribution in [1.82, 2.24) is 4.98 Å². The molecular weight excluding hydrogens is 475 g/mol. The van der Waals surface area contributed by atoms with Crippen molar-refractivity contribution in [3.8, 4) is 5.75 Å². The first-order chi connectivity index (χ1) is 14.0. The van der Waals surface area contributed by atoms with Crippen molar-refractivity contribution in [2.24, 2.45) is 0 Å². The third-order valence-electron chi connectivity index (χ3n) is 4.25. The highest BCUT2D eigenvalue weighted by Crippen LogP contribution is 2.41. The molecule has 4 rings (SSSR count). The lowest BCUT2D eigenvalue weighted by Gasteiger charge is -2.09. The fraction of sp³-hybridized carbons (Fsp3) is 0.0952. The predicted molar refractivity (Wildman–Crippen MR) is 118 cm³/mol. The molecule has 0 spiro atoms. The van der Waals surface area contributed by atoms with Crippen LogP contribution in [0, 0.1) is 11.2 Å². The number of ketones is 1. The number of hydrogen-bond acceptors (Lipinski definition) is 6. The minimum Gasteiger partial charge on any atom is -0.488 e. The van der Waals surface area contributed by atoms with Crippen molar-refractivity contribution in [2.75, 3.05) is 0 Å². The third kappa shape index (κ3) is 4.49. The fourth-order valence-corrected chi connectivity index (χ4v) is 5.12. The van der Waals surface area contributed by atoms with E-state index < -0.39 is 5.92 Å². The summed E-state index contributed by atoms with van der Waals surface area (Å²) in [7, 11) is 0. The summed E-state index contributed by atoms with van der Waals surface area (Å²) in [5, 5.41) is 10.9. The Bertz CT molecular complexity index is 1100. The molecule has 146 valence electrons. The molecule has 0 bridgehead atoms. The van der Waals surface area contributed by atoms with Crippen LogP contribution in [0.1, 0.15) is 22.1 Å². The summed E-state index contributed by atoms with van der Waals surface area (Å²) in [5.74, 6) is -0.317. The van der Waals surface area contributed by atoms with Crippen molar-refractivity contribution in [1.29, 1.82) is 5.41 Å². The van der Waals surface area contributed by atoms with E-state index in [1.807, 2.05) is 23.6 Å². The Kier molecular flexibility index (Phi) is 5.94. The summed E-state index contributed by atoms with van der Waals surface area (Å²) in [4.78, 5) is 17.4. The van der Waals surface area contributed by atoms with Crippen LogP contribution in [0.2, 0.25) is 0 Å². The van der Waals surface area contributed by atoms with Gasteiger partial charge in [-0.15, -0.1) is 11.3 Å².